The van der Waals surface area contributed by atoms with Gasteiger partial charge in [0.15, 0.2) is 0 Å². The summed E-state index contributed by atoms with van der Waals surface area (Å²) in [6.07, 6.45) is -2.82. The lowest BCUT2D eigenvalue weighted by Crippen LogP contribution is -2.19. The topological polar surface area (TPSA) is 104 Å². The Morgan fingerprint density at radius 1 is 0.743 bits per heavy atom. The van der Waals surface area contributed by atoms with Crippen molar-refractivity contribution in [3.05, 3.63) is 90.4 Å². The number of alkyl halides is 3. The number of urea groups is 1. The van der Waals surface area contributed by atoms with E-state index < -0.39 is 17.8 Å². The molecule has 0 saturated heterocycles. The first-order chi connectivity index (χ1) is 16.7. The van der Waals surface area contributed by atoms with Gasteiger partial charge in [0, 0.05) is 29.3 Å². The SMILES string of the molecule is Cc1nc(Nc2ccc(NC(=O)Nc3cccc(C(F)(F)F)c3)cc2)cc(Nc2ccccn2)n1. The number of rotatable bonds is 6. The first kappa shape index (κ1) is 23.5. The van der Waals surface area contributed by atoms with Crippen molar-refractivity contribution in [3.63, 3.8) is 0 Å². The summed E-state index contributed by atoms with van der Waals surface area (Å²) >= 11 is 0. The van der Waals surface area contributed by atoms with E-state index in [0.29, 0.717) is 34.7 Å². The first-order valence-electron chi connectivity index (χ1n) is 10.4. The Kier molecular flexibility index (Phi) is 6.76. The molecule has 4 N–H and O–H groups in total. The van der Waals surface area contributed by atoms with Crippen LogP contribution in [0.1, 0.15) is 11.4 Å². The van der Waals surface area contributed by atoms with Crippen molar-refractivity contribution in [2.45, 2.75) is 13.1 Å². The van der Waals surface area contributed by atoms with Crippen LogP contribution in [0.3, 0.4) is 0 Å². The van der Waals surface area contributed by atoms with Crippen molar-refractivity contribution in [2.75, 3.05) is 21.3 Å². The summed E-state index contributed by atoms with van der Waals surface area (Å²) < 4.78 is 38.5. The molecule has 8 nitrogen and oxygen atoms in total. The molecule has 4 aromatic rings. The fourth-order valence-electron chi connectivity index (χ4n) is 3.12. The maximum absolute atomic E-state index is 12.8. The average molecular weight is 479 g/mol. The summed E-state index contributed by atoms with van der Waals surface area (Å²) in [5.74, 6) is 2.33. The molecule has 178 valence electrons. The number of aryl methyl sites for hydroxylation is 1. The Balaban J connectivity index is 1.37. The van der Waals surface area contributed by atoms with Crippen LogP contribution in [-0.2, 0) is 6.18 Å². The summed E-state index contributed by atoms with van der Waals surface area (Å²) in [5, 5.41) is 11.3. The predicted molar refractivity (Wildman–Crippen MR) is 128 cm³/mol. The molecule has 0 aliphatic heterocycles. The quantitative estimate of drug-likeness (QED) is 0.258. The van der Waals surface area contributed by atoms with Gasteiger partial charge in [-0.1, -0.05) is 12.1 Å². The summed E-state index contributed by atoms with van der Waals surface area (Å²) in [6, 6.07) is 17.7. The lowest BCUT2D eigenvalue weighted by Gasteiger charge is -2.12. The van der Waals surface area contributed by atoms with Gasteiger partial charge in [0.05, 0.1) is 5.56 Å². The maximum Gasteiger partial charge on any atom is 0.416 e. The molecule has 0 aliphatic rings. The van der Waals surface area contributed by atoms with Crippen LogP contribution in [0.15, 0.2) is 79.0 Å². The Labute approximate surface area is 198 Å². The number of hydrogen-bond donors (Lipinski definition) is 4. The van der Waals surface area contributed by atoms with Crippen molar-refractivity contribution in [1.82, 2.24) is 15.0 Å². The molecule has 0 unspecified atom stereocenters. The zero-order valence-corrected chi connectivity index (χ0v) is 18.4. The number of hydrogen-bond acceptors (Lipinski definition) is 6. The first-order valence-corrected chi connectivity index (χ1v) is 10.4. The van der Waals surface area contributed by atoms with E-state index in [1.54, 1.807) is 43.5 Å². The Hall–Kier alpha value is -4.67. The number of carbonyl (C=O) groups is 1. The standard InChI is InChI=1S/C24H20F3N7O/c1-15-29-21(14-22(30-15)34-20-7-2-3-12-28-20)31-17-8-10-18(11-9-17)32-23(35)33-19-6-4-5-16(13-19)24(25,26)27/h2-14H,1H3,(H2,32,33,35)(H2,28,29,30,31,34). The molecule has 2 heterocycles. The van der Waals surface area contributed by atoms with E-state index in [2.05, 4.69) is 36.2 Å². The van der Waals surface area contributed by atoms with Gasteiger partial charge < -0.3 is 21.3 Å². The fourth-order valence-corrected chi connectivity index (χ4v) is 3.12. The number of benzene rings is 2. The lowest BCUT2D eigenvalue weighted by atomic mass is 10.2. The molecule has 35 heavy (non-hydrogen) atoms. The minimum absolute atomic E-state index is 0.0323. The van der Waals surface area contributed by atoms with Crippen LogP contribution >= 0.6 is 0 Å². The smallest absolute Gasteiger partial charge is 0.340 e. The third kappa shape index (κ3) is 6.67. The van der Waals surface area contributed by atoms with E-state index in [1.165, 1.54) is 12.1 Å². The number of halogens is 3. The monoisotopic (exact) mass is 479 g/mol. The number of nitrogens with zero attached hydrogens (tertiary/aromatic N) is 3. The van der Waals surface area contributed by atoms with Crippen LogP contribution in [0.2, 0.25) is 0 Å². The van der Waals surface area contributed by atoms with E-state index in [-0.39, 0.29) is 5.69 Å². The normalized spacial score (nSPS) is 11.0. The number of amides is 2. The molecule has 0 atom stereocenters. The molecule has 2 aromatic heterocycles. The van der Waals surface area contributed by atoms with Crippen LogP contribution in [0.4, 0.5) is 52.5 Å². The van der Waals surface area contributed by atoms with E-state index in [1.807, 2.05) is 18.2 Å². The molecule has 0 fully saturated rings. The second kappa shape index (κ2) is 10.1. The van der Waals surface area contributed by atoms with Crippen LogP contribution in [0.5, 0.6) is 0 Å². The minimum atomic E-state index is -4.49. The molecule has 0 spiro atoms. The van der Waals surface area contributed by atoms with E-state index in [9.17, 15) is 18.0 Å². The summed E-state index contributed by atoms with van der Waals surface area (Å²) in [5.41, 5.74) is 0.348. The van der Waals surface area contributed by atoms with Gasteiger partial charge in [-0.05, 0) is 61.5 Å². The van der Waals surface area contributed by atoms with Gasteiger partial charge in [-0.15, -0.1) is 0 Å². The van der Waals surface area contributed by atoms with Crippen LogP contribution in [0.25, 0.3) is 0 Å². The number of anilines is 6. The highest BCUT2D eigenvalue weighted by atomic mass is 19.4. The van der Waals surface area contributed by atoms with Gasteiger partial charge in [0.2, 0.25) is 0 Å². The number of aromatic nitrogens is 3. The zero-order valence-electron chi connectivity index (χ0n) is 18.4. The van der Waals surface area contributed by atoms with E-state index >= 15 is 0 Å². The zero-order chi connectivity index (χ0) is 24.8. The maximum atomic E-state index is 12.8. The summed E-state index contributed by atoms with van der Waals surface area (Å²) in [4.78, 5) is 25.1. The molecule has 0 bridgehead atoms. The molecule has 11 heteroatoms. The van der Waals surface area contributed by atoms with Gasteiger partial charge in [-0.3, -0.25) is 0 Å². The Morgan fingerprint density at radius 2 is 1.43 bits per heavy atom. The van der Waals surface area contributed by atoms with Crippen molar-refractivity contribution in [3.8, 4) is 0 Å². The van der Waals surface area contributed by atoms with Crippen molar-refractivity contribution >= 4 is 40.5 Å². The third-order valence-electron chi connectivity index (χ3n) is 4.62. The van der Waals surface area contributed by atoms with Crippen LogP contribution < -0.4 is 21.3 Å². The third-order valence-corrected chi connectivity index (χ3v) is 4.62. The van der Waals surface area contributed by atoms with Gasteiger partial charge >= 0.3 is 12.2 Å². The highest BCUT2D eigenvalue weighted by Gasteiger charge is 2.30. The predicted octanol–water partition coefficient (Wildman–Crippen LogP) is 6.33. The Bertz CT molecular complexity index is 1310. The molecule has 2 amide bonds. The molecule has 0 radical (unpaired) electrons. The Morgan fingerprint density at radius 3 is 2.11 bits per heavy atom. The fraction of sp³-hybridized carbons (Fsp3) is 0.0833. The highest BCUT2D eigenvalue weighted by Crippen LogP contribution is 2.30. The summed E-state index contributed by atoms with van der Waals surface area (Å²) in [7, 11) is 0. The molecule has 0 aliphatic carbocycles. The second-order valence-corrected chi connectivity index (χ2v) is 7.39. The molecule has 0 saturated carbocycles. The van der Waals surface area contributed by atoms with Gasteiger partial charge in [-0.2, -0.15) is 13.2 Å². The van der Waals surface area contributed by atoms with Gasteiger partial charge in [0.1, 0.15) is 23.3 Å². The van der Waals surface area contributed by atoms with Crippen molar-refractivity contribution in [2.24, 2.45) is 0 Å². The van der Waals surface area contributed by atoms with Crippen molar-refractivity contribution < 1.29 is 18.0 Å². The molecule has 4 rings (SSSR count). The molecule has 2 aromatic carbocycles. The highest BCUT2D eigenvalue weighted by molar-refractivity contribution is 5.99. The summed E-state index contributed by atoms with van der Waals surface area (Å²) in [6.45, 7) is 1.77. The molecular weight excluding hydrogens is 459 g/mol. The van der Waals surface area contributed by atoms with E-state index in [4.69, 9.17) is 0 Å². The van der Waals surface area contributed by atoms with Crippen LogP contribution in [-0.4, -0.2) is 21.0 Å². The number of nitrogens with one attached hydrogen (secondary N) is 4. The van der Waals surface area contributed by atoms with Gasteiger partial charge in [-0.25, -0.2) is 19.7 Å². The number of pyridine rings is 1. The van der Waals surface area contributed by atoms with Crippen LogP contribution in [0, 0.1) is 6.92 Å². The largest absolute Gasteiger partial charge is 0.416 e. The van der Waals surface area contributed by atoms with Gasteiger partial charge in [0.25, 0.3) is 0 Å². The lowest BCUT2D eigenvalue weighted by molar-refractivity contribution is -0.137. The number of carbonyl (C=O) groups excluding carboxylic acids is 1. The van der Waals surface area contributed by atoms with E-state index in [0.717, 1.165) is 12.1 Å². The van der Waals surface area contributed by atoms with Crippen molar-refractivity contribution in [1.29, 1.82) is 0 Å². The molecular formula is C24H20F3N7O. The minimum Gasteiger partial charge on any atom is -0.340 e. The average Bonchev–Trinajstić information content (AvgIpc) is 2.80. The second-order valence-electron chi connectivity index (χ2n) is 7.39.